The standard InChI is InChI=1S/C23H13BrCl3N3O3/c24-15-5-1-13(2-6-15)20(31)12-33-23(32)21-28-22(14-3-7-16(25)8-4-14)30(29-21)17-9-10-18(26)19(27)11-17/h1-11H,12H2. The van der Waals surface area contributed by atoms with Gasteiger partial charge in [0.2, 0.25) is 0 Å². The number of esters is 1. The van der Waals surface area contributed by atoms with Gasteiger partial charge in [0.25, 0.3) is 5.82 Å². The summed E-state index contributed by atoms with van der Waals surface area (Å²) in [4.78, 5) is 29.3. The van der Waals surface area contributed by atoms with Crippen LogP contribution in [0.25, 0.3) is 17.1 Å². The van der Waals surface area contributed by atoms with Gasteiger partial charge in [-0.1, -0.05) is 62.9 Å². The van der Waals surface area contributed by atoms with Crippen LogP contribution in [-0.4, -0.2) is 33.1 Å². The summed E-state index contributed by atoms with van der Waals surface area (Å²) in [7, 11) is 0. The third-order valence-corrected chi connectivity index (χ3v) is 6.06. The SMILES string of the molecule is O=C(COC(=O)c1nc(-c2ccc(Cl)cc2)n(-c2ccc(Cl)c(Cl)c2)n1)c1ccc(Br)cc1. The quantitative estimate of drug-likeness (QED) is 0.192. The smallest absolute Gasteiger partial charge is 0.378 e. The lowest BCUT2D eigenvalue weighted by Gasteiger charge is -2.07. The Kier molecular flexibility index (Phi) is 7.14. The molecule has 166 valence electrons. The van der Waals surface area contributed by atoms with Crippen molar-refractivity contribution in [2.24, 2.45) is 0 Å². The highest BCUT2D eigenvalue weighted by atomic mass is 79.9. The molecule has 1 aromatic heterocycles. The van der Waals surface area contributed by atoms with Crippen molar-refractivity contribution in [1.29, 1.82) is 0 Å². The Morgan fingerprint density at radius 3 is 2.27 bits per heavy atom. The van der Waals surface area contributed by atoms with Crippen molar-refractivity contribution in [2.75, 3.05) is 6.61 Å². The molecule has 0 saturated heterocycles. The summed E-state index contributed by atoms with van der Waals surface area (Å²) in [5.74, 6) is -1.04. The van der Waals surface area contributed by atoms with E-state index in [9.17, 15) is 9.59 Å². The third kappa shape index (κ3) is 5.45. The Hall–Kier alpha value is -2.71. The lowest BCUT2D eigenvalue weighted by atomic mass is 10.1. The lowest BCUT2D eigenvalue weighted by Crippen LogP contribution is -2.15. The van der Waals surface area contributed by atoms with E-state index < -0.39 is 12.6 Å². The molecular formula is C23H13BrCl3N3O3. The van der Waals surface area contributed by atoms with Crippen molar-refractivity contribution in [3.05, 3.63) is 97.7 Å². The summed E-state index contributed by atoms with van der Waals surface area (Å²) in [6.45, 7) is -0.446. The number of nitrogens with zero attached hydrogens (tertiary/aromatic N) is 3. The summed E-state index contributed by atoms with van der Waals surface area (Å²) in [6.07, 6.45) is 0. The largest absolute Gasteiger partial charge is 0.451 e. The van der Waals surface area contributed by atoms with Crippen molar-refractivity contribution < 1.29 is 14.3 Å². The molecule has 33 heavy (non-hydrogen) atoms. The van der Waals surface area contributed by atoms with Crippen LogP contribution in [0.4, 0.5) is 0 Å². The van der Waals surface area contributed by atoms with Crippen LogP contribution in [0.15, 0.2) is 71.2 Å². The zero-order chi connectivity index (χ0) is 23.5. The number of aromatic nitrogens is 3. The molecule has 0 aliphatic carbocycles. The summed E-state index contributed by atoms with van der Waals surface area (Å²) in [5, 5.41) is 5.53. The normalized spacial score (nSPS) is 10.8. The van der Waals surface area contributed by atoms with Crippen LogP contribution in [0.3, 0.4) is 0 Å². The van der Waals surface area contributed by atoms with Crippen molar-refractivity contribution in [3.63, 3.8) is 0 Å². The molecule has 6 nitrogen and oxygen atoms in total. The predicted molar refractivity (Wildman–Crippen MR) is 131 cm³/mol. The average Bonchev–Trinajstić information content (AvgIpc) is 3.25. The van der Waals surface area contributed by atoms with Crippen LogP contribution in [-0.2, 0) is 4.74 Å². The minimum atomic E-state index is -0.838. The van der Waals surface area contributed by atoms with Gasteiger partial charge >= 0.3 is 5.97 Å². The zero-order valence-corrected chi connectivity index (χ0v) is 20.5. The zero-order valence-electron chi connectivity index (χ0n) is 16.6. The van der Waals surface area contributed by atoms with Crippen LogP contribution in [0, 0.1) is 0 Å². The molecule has 10 heteroatoms. The fourth-order valence-corrected chi connectivity index (χ4v) is 3.58. The van der Waals surface area contributed by atoms with Gasteiger partial charge in [-0.3, -0.25) is 4.79 Å². The number of rotatable bonds is 6. The second kappa shape index (κ2) is 10.1. The van der Waals surface area contributed by atoms with E-state index >= 15 is 0 Å². The van der Waals surface area contributed by atoms with Gasteiger partial charge in [0.15, 0.2) is 18.2 Å². The molecule has 0 fully saturated rings. The highest BCUT2D eigenvalue weighted by Gasteiger charge is 2.21. The first-order chi connectivity index (χ1) is 15.8. The molecule has 0 aliphatic rings. The fourth-order valence-electron chi connectivity index (χ4n) is 2.90. The second-order valence-electron chi connectivity index (χ2n) is 6.78. The van der Waals surface area contributed by atoms with Crippen LogP contribution in [0.5, 0.6) is 0 Å². The van der Waals surface area contributed by atoms with Gasteiger partial charge in [-0.15, -0.1) is 5.10 Å². The molecule has 1 heterocycles. The monoisotopic (exact) mass is 563 g/mol. The Balaban J connectivity index is 1.63. The van der Waals surface area contributed by atoms with Crippen molar-refractivity contribution in [2.45, 2.75) is 0 Å². The second-order valence-corrected chi connectivity index (χ2v) is 8.95. The molecule has 0 unspecified atom stereocenters. The molecule has 0 atom stereocenters. The molecule has 3 aromatic carbocycles. The maximum atomic E-state index is 12.6. The molecule has 4 aromatic rings. The average molecular weight is 566 g/mol. The van der Waals surface area contributed by atoms with Crippen LogP contribution in [0.2, 0.25) is 15.1 Å². The number of carbonyl (C=O) groups is 2. The number of halogens is 4. The van der Waals surface area contributed by atoms with Gasteiger partial charge in [-0.05, 0) is 54.6 Å². The summed E-state index contributed by atoms with van der Waals surface area (Å²) in [5.41, 5.74) is 1.61. The number of carbonyl (C=O) groups excluding carboxylic acids is 2. The fraction of sp³-hybridized carbons (Fsp3) is 0.0435. The third-order valence-electron chi connectivity index (χ3n) is 4.54. The number of Topliss-reactive ketones (excluding diaryl/α,β-unsaturated/α-hetero) is 1. The van der Waals surface area contributed by atoms with E-state index in [1.54, 1.807) is 66.7 Å². The number of ketones is 1. The van der Waals surface area contributed by atoms with Crippen LogP contribution >= 0.6 is 50.7 Å². The molecule has 0 aliphatic heterocycles. The Bertz CT molecular complexity index is 1340. The van der Waals surface area contributed by atoms with Gasteiger partial charge in [-0.2, -0.15) is 0 Å². The van der Waals surface area contributed by atoms with Gasteiger partial charge in [0.05, 0.1) is 15.7 Å². The van der Waals surface area contributed by atoms with Gasteiger partial charge in [-0.25, -0.2) is 14.5 Å². The van der Waals surface area contributed by atoms with E-state index in [0.29, 0.717) is 37.7 Å². The molecule has 0 bridgehead atoms. The van der Waals surface area contributed by atoms with Crippen molar-refractivity contribution in [3.8, 4) is 17.1 Å². The first kappa shape index (κ1) is 23.4. The first-order valence-corrected chi connectivity index (χ1v) is 11.4. The first-order valence-electron chi connectivity index (χ1n) is 9.46. The summed E-state index contributed by atoms with van der Waals surface area (Å²) in [6, 6.07) is 18.5. The molecule has 0 N–H and O–H groups in total. The van der Waals surface area contributed by atoms with E-state index in [1.807, 2.05) is 0 Å². The number of hydrogen-bond acceptors (Lipinski definition) is 5. The van der Waals surface area contributed by atoms with E-state index in [-0.39, 0.29) is 11.6 Å². The number of hydrogen-bond donors (Lipinski definition) is 0. The maximum Gasteiger partial charge on any atom is 0.378 e. The van der Waals surface area contributed by atoms with Crippen LogP contribution in [0.1, 0.15) is 21.0 Å². The molecule has 0 spiro atoms. The van der Waals surface area contributed by atoms with Crippen molar-refractivity contribution in [1.82, 2.24) is 14.8 Å². The van der Waals surface area contributed by atoms with Gasteiger partial charge in [0, 0.05) is 20.6 Å². The highest BCUT2D eigenvalue weighted by molar-refractivity contribution is 9.10. The van der Waals surface area contributed by atoms with Gasteiger partial charge < -0.3 is 4.74 Å². The molecular weight excluding hydrogens is 553 g/mol. The van der Waals surface area contributed by atoms with Crippen molar-refractivity contribution >= 4 is 62.5 Å². The topological polar surface area (TPSA) is 74.1 Å². The van der Waals surface area contributed by atoms with E-state index in [1.165, 1.54) is 4.68 Å². The van der Waals surface area contributed by atoms with Crippen LogP contribution < -0.4 is 0 Å². The predicted octanol–water partition coefficient (Wildman–Crippen LogP) is 6.70. The van der Waals surface area contributed by atoms with Gasteiger partial charge in [0.1, 0.15) is 0 Å². The van der Waals surface area contributed by atoms with E-state index in [0.717, 1.165) is 4.47 Å². The minimum Gasteiger partial charge on any atom is -0.451 e. The molecule has 0 saturated carbocycles. The lowest BCUT2D eigenvalue weighted by molar-refractivity contribution is 0.0462. The maximum absolute atomic E-state index is 12.6. The Morgan fingerprint density at radius 2 is 1.61 bits per heavy atom. The number of benzene rings is 3. The minimum absolute atomic E-state index is 0.213. The van der Waals surface area contributed by atoms with E-state index in [2.05, 4.69) is 26.0 Å². The summed E-state index contributed by atoms with van der Waals surface area (Å²) < 4.78 is 7.45. The Morgan fingerprint density at radius 1 is 0.909 bits per heavy atom. The Labute approximate surface area is 212 Å². The highest BCUT2D eigenvalue weighted by Crippen LogP contribution is 2.28. The number of ether oxygens (including phenoxy) is 1. The molecule has 0 amide bonds. The van der Waals surface area contributed by atoms with E-state index in [4.69, 9.17) is 39.5 Å². The molecule has 4 rings (SSSR count). The summed E-state index contributed by atoms with van der Waals surface area (Å²) >= 11 is 21.5. The molecule has 0 radical (unpaired) electrons.